The number of aliphatic hydroxyl groups is 2. The van der Waals surface area contributed by atoms with Crippen LogP contribution in [0.2, 0.25) is 0 Å². The number of carbonyl (C=O) groups is 2. The first-order chi connectivity index (χ1) is 20.4. The zero-order chi connectivity index (χ0) is 32.2. The zero-order valence-electron chi connectivity index (χ0n) is 27.1. The van der Waals surface area contributed by atoms with Gasteiger partial charge in [-0.15, -0.1) is 13.2 Å². The van der Waals surface area contributed by atoms with Gasteiger partial charge >= 0.3 is 0 Å². The molecule has 7 rings (SSSR count). The molecular weight excluding hydrogens is 552 g/mol. The van der Waals surface area contributed by atoms with Crippen molar-refractivity contribution in [2.75, 3.05) is 23.9 Å². The van der Waals surface area contributed by atoms with Gasteiger partial charge < -0.3 is 29.8 Å². The third-order valence-electron chi connectivity index (χ3n) is 12.2. The van der Waals surface area contributed by atoms with Crippen LogP contribution in [0.1, 0.15) is 62.8 Å². The number of amides is 2. The predicted octanol–water partition coefficient (Wildman–Crippen LogP) is 4.31. The van der Waals surface area contributed by atoms with Crippen molar-refractivity contribution in [3.63, 3.8) is 0 Å². The normalized spacial score (nSPS) is 35.3. The van der Waals surface area contributed by atoms with Gasteiger partial charge in [0.05, 0.1) is 0 Å². The fourth-order valence-corrected chi connectivity index (χ4v) is 10.4. The number of benzene rings is 2. The van der Waals surface area contributed by atoms with Gasteiger partial charge in [0.2, 0.25) is 11.8 Å². The number of aryl methyl sites for hydroxylation is 2. The Morgan fingerprint density at radius 3 is 1.66 bits per heavy atom. The zero-order valence-corrected chi connectivity index (χ0v) is 27.1. The van der Waals surface area contributed by atoms with E-state index in [1.54, 1.807) is 22.0 Å². The Balaban J connectivity index is 1.50. The number of anilines is 2. The lowest BCUT2D eigenvalue weighted by atomic mass is 9.67. The van der Waals surface area contributed by atoms with E-state index in [2.05, 4.69) is 13.2 Å². The average molecular weight is 597 g/mol. The molecule has 8 nitrogen and oxygen atoms in total. The van der Waals surface area contributed by atoms with Gasteiger partial charge in [0.15, 0.2) is 11.3 Å². The maximum Gasteiger partial charge on any atom is 0.248 e. The molecule has 0 saturated carbocycles. The molecule has 5 aliphatic rings. The summed E-state index contributed by atoms with van der Waals surface area (Å²) in [5, 5.41) is 26.0. The minimum atomic E-state index is -1.56. The number of piperazine rings is 1. The number of rotatable bonds is 4. The second kappa shape index (κ2) is 8.15. The van der Waals surface area contributed by atoms with Crippen molar-refractivity contribution < 1.29 is 19.8 Å². The number of likely N-dealkylation sites (N-methyl/N-ethyl adjacent to an activating group) is 2. The summed E-state index contributed by atoms with van der Waals surface area (Å²) >= 11 is 0. The van der Waals surface area contributed by atoms with Crippen molar-refractivity contribution in [1.29, 1.82) is 0 Å². The lowest BCUT2D eigenvalue weighted by Gasteiger charge is -2.60. The van der Waals surface area contributed by atoms with Gasteiger partial charge in [-0.2, -0.15) is 0 Å². The van der Waals surface area contributed by atoms with Gasteiger partial charge in [0.25, 0.3) is 0 Å². The first-order valence-electron chi connectivity index (χ1n) is 15.5. The smallest absolute Gasteiger partial charge is 0.248 e. The summed E-state index contributed by atoms with van der Waals surface area (Å²) in [5.74, 6) is -0.553. The summed E-state index contributed by atoms with van der Waals surface area (Å²) in [6.45, 7) is 20.2. The molecule has 5 heterocycles. The third kappa shape index (κ3) is 2.65. The van der Waals surface area contributed by atoms with E-state index in [4.69, 9.17) is 0 Å². The van der Waals surface area contributed by atoms with Crippen LogP contribution in [0.15, 0.2) is 61.7 Å². The van der Waals surface area contributed by atoms with E-state index in [9.17, 15) is 10.2 Å². The maximum atomic E-state index is 15.3. The Hall–Kier alpha value is -3.62. The topological polar surface area (TPSA) is 87.6 Å². The Morgan fingerprint density at radius 1 is 0.727 bits per heavy atom. The van der Waals surface area contributed by atoms with Gasteiger partial charge in [-0.3, -0.25) is 9.59 Å². The standard InChI is InChI=1S/C36H44N4O4/c1-11-31(5,6)35-33(43,23-15-13-22(4)18-26(23)38(35)10)19-27-29(41)40-28(30(42)39(27)35)20-34(44)24-17-21(3)14-16-25(24)37(9)36(34,40)32(7,8)12-2/h11-18,27-28,43-44H,1-2,19-20H2,3-10H3/t27-,28-,33-,34+,35+,36-/m0/s1. The molecule has 0 unspecified atom stereocenters. The fraction of sp³-hybridized carbons (Fsp3) is 0.500. The number of nitrogens with zero attached hydrogens (tertiary/aromatic N) is 4. The van der Waals surface area contributed by atoms with E-state index in [1.807, 2.05) is 102 Å². The molecule has 8 heteroatoms. The summed E-state index contributed by atoms with van der Waals surface area (Å²) in [5.41, 5.74) is -2.38. The van der Waals surface area contributed by atoms with Crippen LogP contribution in [0, 0.1) is 24.7 Å². The minimum absolute atomic E-state index is 0.0251. The Kier molecular flexibility index (Phi) is 5.39. The van der Waals surface area contributed by atoms with Crippen molar-refractivity contribution >= 4 is 23.2 Å². The van der Waals surface area contributed by atoms with Crippen LogP contribution in [-0.4, -0.2) is 69.3 Å². The van der Waals surface area contributed by atoms with Crippen LogP contribution in [0.3, 0.4) is 0 Å². The second-order valence-corrected chi connectivity index (χ2v) is 14.9. The second-order valence-electron chi connectivity index (χ2n) is 14.9. The summed E-state index contributed by atoms with van der Waals surface area (Å²) in [6.07, 6.45) is 3.62. The molecule has 0 spiro atoms. The molecule has 0 aliphatic carbocycles. The highest BCUT2D eigenvalue weighted by Crippen LogP contribution is 2.70. The Bertz CT molecular complexity index is 1700. The molecule has 44 heavy (non-hydrogen) atoms. The predicted molar refractivity (Wildman–Crippen MR) is 171 cm³/mol. The number of hydrogen-bond donors (Lipinski definition) is 2. The van der Waals surface area contributed by atoms with E-state index in [-0.39, 0.29) is 24.7 Å². The van der Waals surface area contributed by atoms with E-state index in [0.29, 0.717) is 11.1 Å². The van der Waals surface area contributed by atoms with Gasteiger partial charge in [0.1, 0.15) is 23.3 Å². The number of carbonyl (C=O) groups excluding carboxylic acids is 2. The molecule has 0 aromatic heterocycles. The van der Waals surface area contributed by atoms with Crippen LogP contribution < -0.4 is 9.80 Å². The van der Waals surface area contributed by atoms with E-state index in [1.165, 1.54) is 0 Å². The first-order valence-corrected chi connectivity index (χ1v) is 15.5. The van der Waals surface area contributed by atoms with Crippen molar-refractivity contribution in [3.8, 4) is 0 Å². The average Bonchev–Trinajstić information content (AvgIpc) is 3.56. The Morgan fingerprint density at radius 2 is 1.16 bits per heavy atom. The van der Waals surface area contributed by atoms with Crippen molar-refractivity contribution in [3.05, 3.63) is 84.0 Å². The summed E-state index contributed by atoms with van der Waals surface area (Å²) in [6, 6.07) is 9.97. The molecule has 5 aliphatic heterocycles. The molecule has 0 bridgehead atoms. The molecule has 232 valence electrons. The van der Waals surface area contributed by atoms with Crippen LogP contribution in [-0.2, 0) is 20.8 Å². The molecule has 6 atom stereocenters. The largest absolute Gasteiger partial charge is 0.380 e. The van der Waals surface area contributed by atoms with Gasteiger partial charge in [-0.05, 0) is 31.5 Å². The summed E-state index contributed by atoms with van der Waals surface area (Å²) in [7, 11) is 3.80. The molecule has 2 aromatic carbocycles. The quantitative estimate of drug-likeness (QED) is 0.512. The first kappa shape index (κ1) is 29.1. The summed E-state index contributed by atoms with van der Waals surface area (Å²) < 4.78 is 0. The molecule has 0 radical (unpaired) electrons. The lowest BCUT2D eigenvalue weighted by molar-refractivity contribution is -0.182. The highest BCUT2D eigenvalue weighted by atomic mass is 16.3. The van der Waals surface area contributed by atoms with E-state index in [0.717, 1.165) is 22.5 Å². The third-order valence-corrected chi connectivity index (χ3v) is 12.2. The van der Waals surface area contributed by atoms with Gasteiger partial charge in [-0.1, -0.05) is 69.7 Å². The van der Waals surface area contributed by atoms with Crippen molar-refractivity contribution in [2.45, 2.75) is 89.0 Å². The molecular formula is C36H44N4O4. The van der Waals surface area contributed by atoms with Gasteiger partial charge in [0, 0.05) is 60.3 Å². The van der Waals surface area contributed by atoms with E-state index < -0.39 is 45.4 Å². The van der Waals surface area contributed by atoms with Crippen LogP contribution >= 0.6 is 0 Å². The molecule has 2 N–H and O–H groups in total. The Labute approximate surface area is 260 Å². The maximum absolute atomic E-state index is 15.3. The number of fused-ring (bicyclic) bond motifs is 10. The minimum Gasteiger partial charge on any atom is -0.380 e. The van der Waals surface area contributed by atoms with E-state index >= 15 is 9.59 Å². The molecule has 3 fully saturated rings. The molecule has 2 amide bonds. The SMILES string of the molecule is C=CC(C)(C)[C@@]12N(C)c3ccc(C)cc3[C@]1(O)C[C@H]1C(=O)N3[C@@H](C[C@]4(O)c5ccc(C)cc5N(C)[C@]34C(C)(C)C=C)C(=O)N12. The summed E-state index contributed by atoms with van der Waals surface area (Å²) in [4.78, 5) is 37.9. The highest BCUT2D eigenvalue weighted by Gasteiger charge is 2.83. The van der Waals surface area contributed by atoms with Gasteiger partial charge in [-0.25, -0.2) is 0 Å². The highest BCUT2D eigenvalue weighted by molar-refractivity contribution is 6.02. The monoisotopic (exact) mass is 596 g/mol. The van der Waals surface area contributed by atoms with Crippen LogP contribution in [0.5, 0.6) is 0 Å². The lowest BCUT2D eigenvalue weighted by Crippen LogP contribution is -2.79. The van der Waals surface area contributed by atoms with Crippen molar-refractivity contribution in [1.82, 2.24) is 9.80 Å². The van der Waals surface area contributed by atoms with Crippen molar-refractivity contribution in [2.24, 2.45) is 10.8 Å². The molecule has 3 saturated heterocycles. The van der Waals surface area contributed by atoms with Crippen LogP contribution in [0.25, 0.3) is 0 Å². The fourth-order valence-electron chi connectivity index (χ4n) is 10.4. The molecule has 2 aromatic rings. The van der Waals surface area contributed by atoms with Crippen LogP contribution in [0.4, 0.5) is 11.4 Å². The number of hydrogen-bond acceptors (Lipinski definition) is 6.